The molecule has 2 heterocycles. The second kappa shape index (κ2) is 6.75. The summed E-state index contributed by atoms with van der Waals surface area (Å²) in [6.45, 7) is 1.70. The molecule has 0 saturated heterocycles. The molecule has 0 radical (unpaired) electrons. The van der Waals surface area contributed by atoms with E-state index in [9.17, 15) is 9.59 Å². The molecule has 0 unspecified atom stereocenters. The minimum Gasteiger partial charge on any atom is -0.383 e. The van der Waals surface area contributed by atoms with E-state index in [1.54, 1.807) is 12.5 Å². The van der Waals surface area contributed by atoms with Crippen molar-refractivity contribution in [2.75, 3.05) is 31.3 Å². The maximum Gasteiger partial charge on any atom is 0.330 e. The highest BCUT2D eigenvalue weighted by atomic mass is 16.5. The van der Waals surface area contributed by atoms with E-state index in [0.717, 1.165) is 0 Å². The van der Waals surface area contributed by atoms with Crippen LogP contribution in [0.5, 0.6) is 0 Å². The predicted molar refractivity (Wildman–Crippen MR) is 78.3 cm³/mol. The molecular weight excluding hydrogens is 276 g/mol. The number of nitrogen functional groups attached to an aromatic ring is 1. The Labute approximate surface area is 120 Å². The molecule has 0 saturated carbocycles. The van der Waals surface area contributed by atoms with Crippen LogP contribution in [0.4, 0.5) is 11.5 Å². The van der Waals surface area contributed by atoms with Gasteiger partial charge in [0.2, 0.25) is 0 Å². The van der Waals surface area contributed by atoms with Crippen molar-refractivity contribution in [3.63, 3.8) is 0 Å². The molecule has 0 aliphatic heterocycles. The zero-order valence-electron chi connectivity index (χ0n) is 11.7. The molecule has 0 spiro atoms. The zero-order valence-corrected chi connectivity index (χ0v) is 11.7. The Hall–Kier alpha value is -2.55. The van der Waals surface area contributed by atoms with Crippen LogP contribution in [0.25, 0.3) is 0 Å². The third-order valence-electron chi connectivity index (χ3n) is 2.99. The van der Waals surface area contributed by atoms with Crippen molar-refractivity contribution in [2.24, 2.45) is 0 Å². The number of aromatic nitrogens is 4. The average molecular weight is 294 g/mol. The van der Waals surface area contributed by atoms with Crippen LogP contribution in [0.1, 0.15) is 0 Å². The number of H-pyrrole nitrogens is 1. The lowest BCUT2D eigenvalue weighted by atomic mass is 10.4. The van der Waals surface area contributed by atoms with Gasteiger partial charge < -0.3 is 20.4 Å². The summed E-state index contributed by atoms with van der Waals surface area (Å²) in [7, 11) is 1.52. The number of imidazole rings is 1. The van der Waals surface area contributed by atoms with Crippen LogP contribution in [-0.4, -0.2) is 39.4 Å². The van der Waals surface area contributed by atoms with E-state index in [0.29, 0.717) is 19.7 Å². The highest BCUT2D eigenvalue weighted by molar-refractivity contribution is 5.60. The molecule has 0 atom stereocenters. The van der Waals surface area contributed by atoms with Gasteiger partial charge in [0.05, 0.1) is 19.5 Å². The number of methoxy groups -OCH3 is 1. The second-order valence-electron chi connectivity index (χ2n) is 4.39. The molecular formula is C12H18N6O3. The predicted octanol–water partition coefficient (Wildman–Crippen LogP) is -0.926. The lowest BCUT2D eigenvalue weighted by Crippen LogP contribution is -2.35. The summed E-state index contributed by atoms with van der Waals surface area (Å²) in [4.78, 5) is 29.7. The first-order valence-electron chi connectivity index (χ1n) is 6.44. The van der Waals surface area contributed by atoms with E-state index in [2.05, 4.69) is 15.3 Å². The number of nitrogens with zero attached hydrogens (tertiary/aromatic N) is 3. The number of rotatable bonds is 7. The molecule has 9 nitrogen and oxygen atoms in total. The first kappa shape index (κ1) is 14.9. The second-order valence-corrected chi connectivity index (χ2v) is 4.39. The summed E-state index contributed by atoms with van der Waals surface area (Å²) in [5.74, 6) is 0.103. The number of ether oxygens (including phenoxy) is 1. The van der Waals surface area contributed by atoms with Crippen molar-refractivity contribution in [1.82, 2.24) is 19.1 Å². The minimum atomic E-state index is -0.547. The number of hydrogen-bond donors (Lipinski definition) is 3. The third-order valence-corrected chi connectivity index (χ3v) is 2.99. The quantitative estimate of drug-likeness (QED) is 0.607. The van der Waals surface area contributed by atoms with E-state index in [1.807, 2.05) is 10.8 Å². The van der Waals surface area contributed by atoms with E-state index in [4.69, 9.17) is 10.5 Å². The molecule has 9 heteroatoms. The average Bonchev–Trinajstić information content (AvgIpc) is 2.95. The lowest BCUT2D eigenvalue weighted by Gasteiger charge is -2.13. The zero-order chi connectivity index (χ0) is 15.2. The lowest BCUT2D eigenvalue weighted by molar-refractivity contribution is 0.186. The highest BCUT2D eigenvalue weighted by Gasteiger charge is 2.11. The summed E-state index contributed by atoms with van der Waals surface area (Å²) >= 11 is 0. The van der Waals surface area contributed by atoms with Crippen LogP contribution in [0.3, 0.4) is 0 Å². The number of hydrogen-bond acceptors (Lipinski definition) is 6. The molecule has 2 aromatic heterocycles. The van der Waals surface area contributed by atoms with Gasteiger partial charge in [0.1, 0.15) is 11.5 Å². The molecule has 0 aliphatic carbocycles. The van der Waals surface area contributed by atoms with Crippen LogP contribution >= 0.6 is 0 Å². The fourth-order valence-corrected chi connectivity index (χ4v) is 1.89. The van der Waals surface area contributed by atoms with Crippen LogP contribution in [0, 0.1) is 0 Å². The Morgan fingerprint density at radius 1 is 1.43 bits per heavy atom. The SMILES string of the molecule is COCCn1c(N)c(NCCn2ccnc2)c(=O)[nH]c1=O. The molecule has 0 fully saturated rings. The Morgan fingerprint density at radius 2 is 2.24 bits per heavy atom. The Bertz CT molecular complexity index is 688. The van der Waals surface area contributed by atoms with Crippen LogP contribution < -0.4 is 22.3 Å². The molecule has 0 aliphatic rings. The van der Waals surface area contributed by atoms with Gasteiger partial charge in [0.25, 0.3) is 5.56 Å². The fourth-order valence-electron chi connectivity index (χ4n) is 1.89. The van der Waals surface area contributed by atoms with Crippen LogP contribution in [0.2, 0.25) is 0 Å². The van der Waals surface area contributed by atoms with Gasteiger partial charge in [-0.15, -0.1) is 0 Å². The van der Waals surface area contributed by atoms with Gasteiger partial charge in [-0.3, -0.25) is 14.3 Å². The van der Waals surface area contributed by atoms with Crippen molar-refractivity contribution in [3.8, 4) is 0 Å². The van der Waals surface area contributed by atoms with E-state index >= 15 is 0 Å². The third kappa shape index (κ3) is 3.51. The van der Waals surface area contributed by atoms with Gasteiger partial charge in [0.15, 0.2) is 0 Å². The number of nitrogens with two attached hydrogens (primary N) is 1. The normalized spacial score (nSPS) is 10.7. The van der Waals surface area contributed by atoms with Gasteiger partial charge >= 0.3 is 5.69 Å². The number of anilines is 2. The minimum absolute atomic E-state index is 0.103. The van der Waals surface area contributed by atoms with Gasteiger partial charge in [-0.25, -0.2) is 9.78 Å². The van der Waals surface area contributed by atoms with Gasteiger partial charge in [0, 0.05) is 32.6 Å². The Morgan fingerprint density at radius 3 is 2.90 bits per heavy atom. The maximum absolute atomic E-state index is 11.8. The van der Waals surface area contributed by atoms with Crippen molar-refractivity contribution >= 4 is 11.5 Å². The van der Waals surface area contributed by atoms with Crippen LogP contribution in [0.15, 0.2) is 28.3 Å². The summed E-state index contributed by atoms with van der Waals surface area (Å²) in [5.41, 5.74) is 5.00. The molecule has 0 amide bonds. The van der Waals surface area contributed by atoms with E-state index in [-0.39, 0.29) is 18.1 Å². The molecule has 4 N–H and O–H groups in total. The first-order valence-corrected chi connectivity index (χ1v) is 6.44. The van der Waals surface area contributed by atoms with Crippen molar-refractivity contribution in [2.45, 2.75) is 13.1 Å². The van der Waals surface area contributed by atoms with E-state index < -0.39 is 11.2 Å². The number of aromatic amines is 1. The molecule has 114 valence electrons. The monoisotopic (exact) mass is 294 g/mol. The van der Waals surface area contributed by atoms with Crippen LogP contribution in [-0.2, 0) is 17.8 Å². The smallest absolute Gasteiger partial charge is 0.330 e. The van der Waals surface area contributed by atoms with Crippen molar-refractivity contribution < 1.29 is 4.74 Å². The van der Waals surface area contributed by atoms with Gasteiger partial charge in [-0.1, -0.05) is 0 Å². The Balaban J connectivity index is 2.14. The highest BCUT2D eigenvalue weighted by Crippen LogP contribution is 2.09. The molecule has 2 aromatic rings. The molecule has 0 aromatic carbocycles. The first-order chi connectivity index (χ1) is 10.1. The topological polar surface area (TPSA) is 120 Å². The number of nitrogens with one attached hydrogen (secondary N) is 2. The molecule has 21 heavy (non-hydrogen) atoms. The standard InChI is InChI=1S/C12H18N6O3/c1-21-7-6-18-10(13)9(11(19)16-12(18)20)15-3-5-17-4-2-14-8-17/h2,4,8,15H,3,5-7,13H2,1H3,(H,16,19,20). The molecule has 0 bridgehead atoms. The largest absolute Gasteiger partial charge is 0.383 e. The summed E-state index contributed by atoms with van der Waals surface area (Å²) < 4.78 is 8.05. The van der Waals surface area contributed by atoms with Gasteiger partial charge in [-0.2, -0.15) is 0 Å². The summed E-state index contributed by atoms with van der Waals surface area (Å²) in [5, 5.41) is 2.95. The molecule has 2 rings (SSSR count). The summed E-state index contributed by atoms with van der Waals surface area (Å²) in [6, 6.07) is 0. The maximum atomic E-state index is 11.8. The van der Waals surface area contributed by atoms with Crippen molar-refractivity contribution in [1.29, 1.82) is 0 Å². The van der Waals surface area contributed by atoms with E-state index in [1.165, 1.54) is 11.7 Å². The Kier molecular flexibility index (Phi) is 4.77. The fraction of sp³-hybridized carbons (Fsp3) is 0.417. The van der Waals surface area contributed by atoms with Crippen molar-refractivity contribution in [3.05, 3.63) is 39.6 Å². The summed E-state index contributed by atoms with van der Waals surface area (Å²) in [6.07, 6.45) is 5.16. The van der Waals surface area contributed by atoms with Gasteiger partial charge in [-0.05, 0) is 0 Å².